The van der Waals surface area contributed by atoms with E-state index >= 15 is 0 Å². The zero-order chi connectivity index (χ0) is 18.0. The van der Waals surface area contributed by atoms with Crippen LogP contribution in [0.4, 0.5) is 0 Å². The third-order valence-electron chi connectivity index (χ3n) is 5.32. The first-order chi connectivity index (χ1) is 12.0. The highest BCUT2D eigenvalue weighted by Gasteiger charge is 2.23. The van der Waals surface area contributed by atoms with Gasteiger partial charge >= 0.3 is 5.69 Å². The smallest absolute Gasteiger partial charge is 0.345 e. The van der Waals surface area contributed by atoms with Gasteiger partial charge in [-0.25, -0.2) is 14.5 Å². The average Bonchev–Trinajstić information content (AvgIpc) is 3.09. The predicted molar refractivity (Wildman–Crippen MR) is 97.5 cm³/mol. The summed E-state index contributed by atoms with van der Waals surface area (Å²) in [4.78, 5) is 22.6. The largest absolute Gasteiger partial charge is 0.346 e. The van der Waals surface area contributed by atoms with Crippen LogP contribution >= 0.6 is 0 Å². The lowest BCUT2D eigenvalue weighted by Crippen LogP contribution is -2.34. The molecule has 0 spiro atoms. The average molecular weight is 346 g/mol. The number of aryl methyl sites for hydroxylation is 3. The standard InChI is InChI=1S/C18H30N6O/c1-5-16-19-13(3)15(20-16)12-23-9-7-14(8-10-23)11-17-21-22(4)18(25)24(17)6-2/h14H,5-12H2,1-4H3,(H,19,20). The number of nitrogens with zero attached hydrogens (tertiary/aromatic N) is 5. The Labute approximate surface area is 149 Å². The summed E-state index contributed by atoms with van der Waals surface area (Å²) < 4.78 is 3.26. The number of aromatic amines is 1. The molecule has 0 unspecified atom stereocenters. The molecule has 0 aliphatic carbocycles. The van der Waals surface area contributed by atoms with E-state index in [-0.39, 0.29) is 5.69 Å². The molecule has 3 heterocycles. The van der Waals surface area contributed by atoms with Crippen molar-refractivity contribution in [1.29, 1.82) is 0 Å². The topological polar surface area (TPSA) is 71.7 Å². The van der Waals surface area contributed by atoms with Gasteiger partial charge in [-0.2, -0.15) is 5.10 Å². The van der Waals surface area contributed by atoms with Gasteiger partial charge in [0.1, 0.15) is 11.6 Å². The summed E-state index contributed by atoms with van der Waals surface area (Å²) in [7, 11) is 1.73. The molecule has 0 saturated carbocycles. The first-order valence-corrected chi connectivity index (χ1v) is 9.41. The second-order valence-corrected chi connectivity index (χ2v) is 7.10. The SMILES string of the molecule is CCc1nc(CN2CCC(Cc3nn(C)c(=O)n3CC)CC2)c(C)[nH]1. The molecule has 2 aromatic heterocycles. The zero-order valence-corrected chi connectivity index (χ0v) is 15.9. The molecule has 138 valence electrons. The first-order valence-electron chi connectivity index (χ1n) is 9.41. The fraction of sp³-hybridized carbons (Fsp3) is 0.722. The van der Waals surface area contributed by atoms with Gasteiger partial charge in [0.05, 0.1) is 5.69 Å². The van der Waals surface area contributed by atoms with Gasteiger partial charge < -0.3 is 4.98 Å². The van der Waals surface area contributed by atoms with E-state index in [4.69, 9.17) is 4.98 Å². The summed E-state index contributed by atoms with van der Waals surface area (Å²) in [5.41, 5.74) is 2.37. The quantitative estimate of drug-likeness (QED) is 0.863. The van der Waals surface area contributed by atoms with Crippen molar-refractivity contribution in [3.05, 3.63) is 33.5 Å². The Morgan fingerprint density at radius 1 is 1.24 bits per heavy atom. The van der Waals surface area contributed by atoms with Crippen LogP contribution in [-0.2, 0) is 33.0 Å². The van der Waals surface area contributed by atoms with Crippen LogP contribution < -0.4 is 5.69 Å². The van der Waals surface area contributed by atoms with E-state index < -0.39 is 0 Å². The van der Waals surface area contributed by atoms with E-state index in [1.807, 2.05) is 6.92 Å². The third kappa shape index (κ3) is 3.86. The van der Waals surface area contributed by atoms with E-state index in [0.717, 1.165) is 57.0 Å². The van der Waals surface area contributed by atoms with Gasteiger partial charge in [0.2, 0.25) is 0 Å². The van der Waals surface area contributed by atoms with Crippen molar-refractivity contribution in [3.63, 3.8) is 0 Å². The van der Waals surface area contributed by atoms with Gasteiger partial charge in [-0.1, -0.05) is 6.92 Å². The molecule has 3 rings (SSSR count). The molecule has 1 N–H and O–H groups in total. The lowest BCUT2D eigenvalue weighted by Gasteiger charge is -2.31. The second kappa shape index (κ2) is 7.56. The summed E-state index contributed by atoms with van der Waals surface area (Å²) in [5, 5.41) is 4.43. The maximum atomic E-state index is 12.0. The van der Waals surface area contributed by atoms with Crippen LogP contribution in [0.3, 0.4) is 0 Å². The van der Waals surface area contributed by atoms with Crippen LogP contribution in [0, 0.1) is 12.8 Å². The maximum Gasteiger partial charge on any atom is 0.345 e. The number of imidazole rings is 1. The lowest BCUT2D eigenvalue weighted by atomic mass is 9.93. The zero-order valence-electron chi connectivity index (χ0n) is 15.9. The second-order valence-electron chi connectivity index (χ2n) is 7.10. The molecule has 1 saturated heterocycles. The molecule has 1 fully saturated rings. The van der Waals surface area contributed by atoms with Crippen molar-refractivity contribution in [1.82, 2.24) is 29.2 Å². The van der Waals surface area contributed by atoms with E-state index in [1.165, 1.54) is 16.1 Å². The van der Waals surface area contributed by atoms with Gasteiger partial charge in [-0.3, -0.25) is 9.47 Å². The number of rotatable bonds is 6. The van der Waals surface area contributed by atoms with Gasteiger partial charge in [0.15, 0.2) is 0 Å². The number of nitrogens with one attached hydrogen (secondary N) is 1. The summed E-state index contributed by atoms with van der Waals surface area (Å²) in [6.45, 7) is 10.0. The molecule has 7 heteroatoms. The molecule has 1 aliphatic heterocycles. The summed E-state index contributed by atoms with van der Waals surface area (Å²) >= 11 is 0. The van der Waals surface area contributed by atoms with Crippen LogP contribution in [0.15, 0.2) is 4.79 Å². The number of likely N-dealkylation sites (tertiary alicyclic amines) is 1. The Kier molecular flexibility index (Phi) is 5.42. The van der Waals surface area contributed by atoms with Crippen LogP contribution in [-0.4, -0.2) is 42.3 Å². The maximum absolute atomic E-state index is 12.0. The first kappa shape index (κ1) is 17.9. The van der Waals surface area contributed by atoms with E-state index in [0.29, 0.717) is 12.5 Å². The highest BCUT2D eigenvalue weighted by molar-refractivity contribution is 5.13. The molecule has 0 atom stereocenters. The lowest BCUT2D eigenvalue weighted by molar-refractivity contribution is 0.173. The Morgan fingerprint density at radius 3 is 2.56 bits per heavy atom. The Hall–Kier alpha value is -1.89. The number of hydrogen-bond acceptors (Lipinski definition) is 4. The summed E-state index contributed by atoms with van der Waals surface area (Å²) in [6.07, 6.45) is 4.16. The molecular formula is C18H30N6O. The van der Waals surface area contributed by atoms with Crippen molar-refractivity contribution in [2.75, 3.05) is 13.1 Å². The molecule has 7 nitrogen and oxygen atoms in total. The number of hydrogen-bond donors (Lipinski definition) is 1. The minimum atomic E-state index is -0.00401. The number of piperidine rings is 1. The monoisotopic (exact) mass is 346 g/mol. The Bertz CT molecular complexity index is 763. The molecule has 2 aromatic rings. The van der Waals surface area contributed by atoms with Crippen molar-refractivity contribution in [2.24, 2.45) is 13.0 Å². The van der Waals surface area contributed by atoms with Crippen LogP contribution in [0.5, 0.6) is 0 Å². The molecule has 0 amide bonds. The van der Waals surface area contributed by atoms with Gasteiger partial charge in [0, 0.05) is 38.7 Å². The molecule has 0 bridgehead atoms. The van der Waals surface area contributed by atoms with Gasteiger partial charge in [-0.05, 0) is 45.7 Å². The van der Waals surface area contributed by atoms with Crippen LogP contribution in [0.2, 0.25) is 0 Å². The van der Waals surface area contributed by atoms with Gasteiger partial charge in [-0.15, -0.1) is 0 Å². The fourth-order valence-electron chi connectivity index (χ4n) is 3.73. The predicted octanol–water partition coefficient (Wildman–Crippen LogP) is 1.65. The minimum absolute atomic E-state index is 0.00401. The minimum Gasteiger partial charge on any atom is -0.346 e. The van der Waals surface area contributed by atoms with Crippen LogP contribution in [0.1, 0.15) is 49.7 Å². The molecule has 0 radical (unpaired) electrons. The van der Waals surface area contributed by atoms with Crippen molar-refractivity contribution >= 4 is 0 Å². The summed E-state index contributed by atoms with van der Waals surface area (Å²) in [6, 6.07) is 0. The van der Waals surface area contributed by atoms with Crippen molar-refractivity contribution in [3.8, 4) is 0 Å². The molecule has 0 aromatic carbocycles. The Balaban J connectivity index is 1.56. The number of H-pyrrole nitrogens is 1. The summed E-state index contributed by atoms with van der Waals surface area (Å²) in [5.74, 6) is 2.62. The number of aromatic nitrogens is 5. The van der Waals surface area contributed by atoms with Crippen molar-refractivity contribution in [2.45, 2.75) is 59.5 Å². The van der Waals surface area contributed by atoms with Crippen LogP contribution in [0.25, 0.3) is 0 Å². The van der Waals surface area contributed by atoms with E-state index in [1.54, 1.807) is 11.6 Å². The molecule has 1 aliphatic rings. The van der Waals surface area contributed by atoms with Crippen molar-refractivity contribution < 1.29 is 0 Å². The Morgan fingerprint density at radius 2 is 1.96 bits per heavy atom. The van der Waals surface area contributed by atoms with E-state index in [9.17, 15) is 4.79 Å². The molecular weight excluding hydrogens is 316 g/mol. The van der Waals surface area contributed by atoms with E-state index in [2.05, 4.69) is 28.8 Å². The normalized spacial score (nSPS) is 16.6. The van der Waals surface area contributed by atoms with Gasteiger partial charge in [0.25, 0.3) is 0 Å². The third-order valence-corrected chi connectivity index (χ3v) is 5.32. The fourth-order valence-corrected chi connectivity index (χ4v) is 3.73. The molecule has 25 heavy (non-hydrogen) atoms. The highest BCUT2D eigenvalue weighted by atomic mass is 16.2. The highest BCUT2D eigenvalue weighted by Crippen LogP contribution is 2.22.